The summed E-state index contributed by atoms with van der Waals surface area (Å²) in [5.74, 6) is 0.272. The van der Waals surface area contributed by atoms with E-state index < -0.39 is 11.6 Å². The fourth-order valence-corrected chi connectivity index (χ4v) is 2.94. The highest BCUT2D eigenvalue weighted by Gasteiger charge is 2.16. The quantitative estimate of drug-likeness (QED) is 0.607. The number of hydrogen-bond acceptors (Lipinski definition) is 3. The van der Waals surface area contributed by atoms with E-state index in [0.29, 0.717) is 29.1 Å². The molecule has 25 heavy (non-hydrogen) atoms. The van der Waals surface area contributed by atoms with Crippen molar-refractivity contribution in [1.29, 1.82) is 0 Å². The number of halogens is 2. The van der Waals surface area contributed by atoms with Crippen LogP contribution in [0.2, 0.25) is 0 Å². The van der Waals surface area contributed by atoms with Gasteiger partial charge < -0.3 is 4.57 Å². The van der Waals surface area contributed by atoms with Gasteiger partial charge in [0.1, 0.15) is 22.9 Å². The van der Waals surface area contributed by atoms with E-state index in [0.717, 1.165) is 25.7 Å². The molecule has 0 unspecified atom stereocenters. The predicted molar refractivity (Wildman–Crippen MR) is 94.2 cm³/mol. The third kappa shape index (κ3) is 3.52. The first-order chi connectivity index (χ1) is 12.0. The van der Waals surface area contributed by atoms with Crippen LogP contribution in [-0.4, -0.2) is 19.5 Å². The van der Waals surface area contributed by atoms with Gasteiger partial charge in [-0.25, -0.2) is 23.7 Å². The molecule has 4 nitrogen and oxygen atoms in total. The molecule has 6 heteroatoms. The van der Waals surface area contributed by atoms with Gasteiger partial charge in [-0.05, 0) is 25.5 Å². The Bertz CT molecular complexity index is 902. The lowest BCUT2D eigenvalue weighted by molar-refractivity contribution is 0.605. The van der Waals surface area contributed by atoms with Crippen molar-refractivity contribution in [2.24, 2.45) is 7.05 Å². The normalized spacial score (nSPS) is 11.4. The summed E-state index contributed by atoms with van der Waals surface area (Å²) in [6.07, 6.45) is 6.25. The molecular formula is C19H22F2N4. The zero-order valence-electron chi connectivity index (χ0n) is 14.8. The highest BCUT2D eigenvalue weighted by Crippen LogP contribution is 2.27. The van der Waals surface area contributed by atoms with Crippen molar-refractivity contribution in [3.63, 3.8) is 0 Å². The topological polar surface area (TPSA) is 43.6 Å². The number of imidazole rings is 1. The molecule has 1 aromatic carbocycles. The average Bonchev–Trinajstić information content (AvgIpc) is 2.89. The van der Waals surface area contributed by atoms with E-state index in [1.807, 2.05) is 7.05 Å². The number of aromatic nitrogens is 4. The van der Waals surface area contributed by atoms with Gasteiger partial charge in [0, 0.05) is 19.0 Å². The van der Waals surface area contributed by atoms with Gasteiger partial charge in [-0.3, -0.25) is 0 Å². The Kier molecular flexibility index (Phi) is 5.06. The van der Waals surface area contributed by atoms with Crippen LogP contribution in [0.15, 0.2) is 18.3 Å². The molecule has 0 amide bonds. The highest BCUT2D eigenvalue weighted by molar-refractivity contribution is 5.82. The largest absolute Gasteiger partial charge is 0.331 e. The maximum Gasteiger partial charge on any atom is 0.167 e. The molecule has 0 bridgehead atoms. The molecule has 3 aromatic rings. The molecule has 0 N–H and O–H groups in total. The molecule has 0 saturated carbocycles. The smallest absolute Gasteiger partial charge is 0.167 e. The van der Waals surface area contributed by atoms with E-state index in [1.54, 1.807) is 17.6 Å². The van der Waals surface area contributed by atoms with Gasteiger partial charge in [-0.1, -0.05) is 26.2 Å². The first-order valence-electron chi connectivity index (χ1n) is 8.65. The molecule has 2 heterocycles. The van der Waals surface area contributed by atoms with Crippen molar-refractivity contribution in [2.75, 3.05) is 0 Å². The Balaban J connectivity index is 1.98. The summed E-state index contributed by atoms with van der Waals surface area (Å²) in [6.45, 7) is 3.95. The number of rotatable bonds is 6. The van der Waals surface area contributed by atoms with Gasteiger partial charge in [-0.2, -0.15) is 0 Å². The van der Waals surface area contributed by atoms with Crippen LogP contribution in [0, 0.1) is 18.6 Å². The minimum absolute atomic E-state index is 0.139. The average molecular weight is 344 g/mol. The molecule has 0 aliphatic carbocycles. The van der Waals surface area contributed by atoms with Crippen molar-refractivity contribution in [3.8, 4) is 11.3 Å². The molecule has 3 rings (SSSR count). The first-order valence-corrected chi connectivity index (χ1v) is 8.65. The number of benzene rings is 1. The Morgan fingerprint density at radius 3 is 2.60 bits per heavy atom. The van der Waals surface area contributed by atoms with Crippen molar-refractivity contribution >= 4 is 11.0 Å². The Hall–Kier alpha value is -2.37. The minimum atomic E-state index is -0.546. The first kappa shape index (κ1) is 17.5. The molecular weight excluding hydrogens is 322 g/mol. The van der Waals surface area contributed by atoms with Crippen molar-refractivity contribution in [3.05, 3.63) is 41.6 Å². The van der Waals surface area contributed by atoms with E-state index in [1.165, 1.54) is 12.3 Å². The number of unbranched alkanes of at least 4 members (excludes halogenated alkanes) is 3. The summed E-state index contributed by atoms with van der Waals surface area (Å²) in [7, 11) is 1.81. The minimum Gasteiger partial charge on any atom is -0.331 e. The van der Waals surface area contributed by atoms with Crippen LogP contribution in [0.25, 0.3) is 22.3 Å². The molecule has 0 spiro atoms. The Labute approximate surface area is 145 Å². The predicted octanol–water partition coefficient (Wildman–Crippen LogP) is 4.74. The van der Waals surface area contributed by atoms with Crippen LogP contribution in [0.5, 0.6) is 0 Å². The van der Waals surface area contributed by atoms with Crippen LogP contribution in [0.3, 0.4) is 0 Å². The maximum atomic E-state index is 14.4. The highest BCUT2D eigenvalue weighted by atomic mass is 19.1. The maximum absolute atomic E-state index is 14.4. The van der Waals surface area contributed by atoms with Gasteiger partial charge in [0.25, 0.3) is 0 Å². The summed E-state index contributed by atoms with van der Waals surface area (Å²) >= 11 is 0. The second-order valence-electron chi connectivity index (χ2n) is 6.34. The van der Waals surface area contributed by atoms with Gasteiger partial charge in [-0.15, -0.1) is 0 Å². The van der Waals surface area contributed by atoms with E-state index in [2.05, 4.69) is 21.9 Å². The summed E-state index contributed by atoms with van der Waals surface area (Å²) in [4.78, 5) is 12.6. The van der Waals surface area contributed by atoms with Gasteiger partial charge >= 0.3 is 0 Å². The lowest BCUT2D eigenvalue weighted by Gasteiger charge is -2.07. The molecule has 0 fully saturated rings. The van der Waals surface area contributed by atoms with Crippen LogP contribution < -0.4 is 0 Å². The van der Waals surface area contributed by atoms with Crippen molar-refractivity contribution in [1.82, 2.24) is 19.5 Å². The van der Waals surface area contributed by atoms with Gasteiger partial charge in [0.05, 0.1) is 11.7 Å². The van der Waals surface area contributed by atoms with Crippen LogP contribution in [0.1, 0.15) is 44.3 Å². The number of nitrogens with zero attached hydrogens (tertiary/aromatic N) is 4. The number of hydrogen-bond donors (Lipinski definition) is 0. The van der Waals surface area contributed by atoms with E-state index >= 15 is 0 Å². The summed E-state index contributed by atoms with van der Waals surface area (Å²) in [6, 6.07) is 3.02. The van der Waals surface area contributed by atoms with E-state index in [-0.39, 0.29) is 11.2 Å². The molecule has 132 valence electrons. The zero-order valence-corrected chi connectivity index (χ0v) is 14.8. The van der Waals surface area contributed by atoms with E-state index in [4.69, 9.17) is 0 Å². The zero-order chi connectivity index (χ0) is 18.0. The Morgan fingerprint density at radius 2 is 1.84 bits per heavy atom. The summed E-state index contributed by atoms with van der Waals surface area (Å²) < 4.78 is 30.5. The van der Waals surface area contributed by atoms with Crippen molar-refractivity contribution in [2.45, 2.75) is 46.0 Å². The van der Waals surface area contributed by atoms with E-state index in [9.17, 15) is 8.78 Å². The molecule has 0 atom stereocenters. The number of fused-ring (bicyclic) bond motifs is 1. The molecule has 0 aliphatic rings. The second kappa shape index (κ2) is 7.25. The van der Waals surface area contributed by atoms with Crippen molar-refractivity contribution < 1.29 is 8.78 Å². The fraction of sp³-hybridized carbons (Fsp3) is 0.421. The standard InChI is InChI=1S/C19H22F2N4/c1-4-5-6-7-8-17-22-11-15(21)18(24-17)13-9-14(20)19-16(10-13)25(3)12(2)23-19/h9-11H,4-8H2,1-3H3. The fourth-order valence-electron chi connectivity index (χ4n) is 2.94. The third-order valence-corrected chi connectivity index (χ3v) is 4.49. The monoisotopic (exact) mass is 344 g/mol. The van der Waals surface area contributed by atoms with Gasteiger partial charge in [0.15, 0.2) is 11.6 Å². The lowest BCUT2D eigenvalue weighted by atomic mass is 10.1. The summed E-state index contributed by atoms with van der Waals surface area (Å²) in [5.41, 5.74) is 1.45. The molecule has 0 radical (unpaired) electrons. The lowest BCUT2D eigenvalue weighted by Crippen LogP contribution is -2.01. The van der Waals surface area contributed by atoms with Crippen LogP contribution in [-0.2, 0) is 13.5 Å². The van der Waals surface area contributed by atoms with Gasteiger partial charge in [0.2, 0.25) is 0 Å². The third-order valence-electron chi connectivity index (χ3n) is 4.49. The van der Waals surface area contributed by atoms with Crippen LogP contribution in [0.4, 0.5) is 8.78 Å². The number of aryl methyl sites for hydroxylation is 3. The molecule has 0 aliphatic heterocycles. The Morgan fingerprint density at radius 1 is 1.04 bits per heavy atom. The second-order valence-corrected chi connectivity index (χ2v) is 6.34. The van der Waals surface area contributed by atoms with Crippen LogP contribution >= 0.6 is 0 Å². The summed E-state index contributed by atoms with van der Waals surface area (Å²) in [5, 5.41) is 0. The SMILES string of the molecule is CCCCCCc1ncc(F)c(-c2cc(F)c3nc(C)n(C)c3c2)n1. The molecule has 0 saturated heterocycles. The molecule has 2 aromatic heterocycles.